The van der Waals surface area contributed by atoms with Crippen LogP contribution in [0.5, 0.6) is 0 Å². The summed E-state index contributed by atoms with van der Waals surface area (Å²) in [7, 11) is -3.54. The maximum absolute atomic E-state index is 12.8. The Hall–Kier alpha value is -2.78. The van der Waals surface area contributed by atoms with Crippen LogP contribution in [0.4, 0.5) is 10.5 Å². The van der Waals surface area contributed by atoms with E-state index in [1.807, 2.05) is 0 Å². The minimum atomic E-state index is -3.54. The second-order valence-corrected chi connectivity index (χ2v) is 9.77. The maximum atomic E-state index is 12.8. The van der Waals surface area contributed by atoms with Crippen LogP contribution in [0.3, 0.4) is 0 Å². The average Bonchev–Trinajstić information content (AvgIpc) is 2.77. The largest absolute Gasteiger partial charge is 0.450 e. The van der Waals surface area contributed by atoms with Crippen LogP contribution in [0.15, 0.2) is 48.5 Å². The van der Waals surface area contributed by atoms with Crippen LogP contribution < -0.4 is 4.31 Å². The molecule has 0 N–H and O–H groups in total. The molecule has 1 fully saturated rings. The molecule has 1 aliphatic rings. The van der Waals surface area contributed by atoms with Crippen molar-refractivity contribution in [2.75, 3.05) is 43.3 Å². The molecular weight excluding hydrogens is 454 g/mol. The number of nitrogens with zero attached hydrogens (tertiary/aromatic N) is 3. The van der Waals surface area contributed by atoms with E-state index in [0.29, 0.717) is 49.1 Å². The van der Waals surface area contributed by atoms with Crippen molar-refractivity contribution in [3.05, 3.63) is 64.7 Å². The predicted octanol–water partition coefficient (Wildman–Crippen LogP) is 3.22. The van der Waals surface area contributed by atoms with Crippen molar-refractivity contribution in [1.82, 2.24) is 9.80 Å². The molecule has 2 aromatic rings. The fraction of sp³-hybridized carbons (Fsp3) is 0.364. The molecule has 32 heavy (non-hydrogen) atoms. The fourth-order valence-electron chi connectivity index (χ4n) is 3.44. The zero-order valence-corrected chi connectivity index (χ0v) is 19.6. The zero-order valence-electron chi connectivity index (χ0n) is 18.0. The smallest absolute Gasteiger partial charge is 0.409 e. The quantitative estimate of drug-likeness (QED) is 0.634. The van der Waals surface area contributed by atoms with Gasteiger partial charge < -0.3 is 14.5 Å². The number of halogens is 1. The molecule has 0 unspecified atom stereocenters. The Labute approximate surface area is 193 Å². The number of amides is 2. The van der Waals surface area contributed by atoms with Gasteiger partial charge in [0.05, 0.1) is 25.1 Å². The van der Waals surface area contributed by atoms with Crippen LogP contribution in [-0.4, -0.2) is 69.3 Å². The molecule has 0 radical (unpaired) electrons. The summed E-state index contributed by atoms with van der Waals surface area (Å²) < 4.78 is 30.9. The lowest BCUT2D eigenvalue weighted by Crippen LogP contribution is -2.50. The molecule has 0 spiro atoms. The number of hydrogen-bond acceptors (Lipinski definition) is 5. The molecule has 3 rings (SSSR count). The molecule has 10 heteroatoms. The van der Waals surface area contributed by atoms with Crippen LogP contribution in [0.25, 0.3) is 0 Å². The van der Waals surface area contributed by atoms with Crippen molar-refractivity contribution in [2.45, 2.75) is 13.5 Å². The number of carbonyl (C=O) groups excluding carboxylic acids is 2. The van der Waals surface area contributed by atoms with Crippen molar-refractivity contribution < 1.29 is 22.7 Å². The Kier molecular flexibility index (Phi) is 7.63. The highest BCUT2D eigenvalue weighted by Crippen LogP contribution is 2.24. The normalized spacial score (nSPS) is 14.2. The molecule has 0 atom stereocenters. The Morgan fingerprint density at radius 1 is 1.03 bits per heavy atom. The van der Waals surface area contributed by atoms with Gasteiger partial charge in [-0.25, -0.2) is 13.2 Å². The summed E-state index contributed by atoms with van der Waals surface area (Å²) in [5, 5.41) is 0.445. The summed E-state index contributed by atoms with van der Waals surface area (Å²) in [5.41, 5.74) is 1.71. The molecule has 2 amide bonds. The molecule has 172 valence electrons. The summed E-state index contributed by atoms with van der Waals surface area (Å²) in [6, 6.07) is 13.5. The Morgan fingerprint density at radius 3 is 2.22 bits per heavy atom. The first kappa shape index (κ1) is 23.9. The van der Waals surface area contributed by atoms with Crippen molar-refractivity contribution >= 4 is 39.3 Å². The Morgan fingerprint density at radius 2 is 1.66 bits per heavy atom. The summed E-state index contributed by atoms with van der Waals surface area (Å²) in [4.78, 5) is 27.9. The number of carbonyl (C=O) groups is 2. The van der Waals surface area contributed by atoms with Crippen LogP contribution in [0.2, 0.25) is 5.02 Å². The molecule has 0 saturated carbocycles. The van der Waals surface area contributed by atoms with Crippen LogP contribution in [-0.2, 0) is 21.3 Å². The van der Waals surface area contributed by atoms with Gasteiger partial charge in [0.15, 0.2) is 0 Å². The Bertz CT molecular complexity index is 1070. The summed E-state index contributed by atoms with van der Waals surface area (Å²) in [6.45, 7) is 3.89. The van der Waals surface area contributed by atoms with E-state index >= 15 is 0 Å². The van der Waals surface area contributed by atoms with Gasteiger partial charge in [0.1, 0.15) is 0 Å². The first-order chi connectivity index (χ1) is 15.2. The number of rotatable bonds is 6. The fourth-order valence-corrected chi connectivity index (χ4v) is 4.50. The van der Waals surface area contributed by atoms with Crippen molar-refractivity contribution in [1.29, 1.82) is 0 Å². The van der Waals surface area contributed by atoms with Gasteiger partial charge >= 0.3 is 6.09 Å². The molecule has 0 aromatic heterocycles. The second-order valence-electron chi connectivity index (χ2n) is 7.42. The monoisotopic (exact) mass is 479 g/mol. The van der Waals surface area contributed by atoms with Gasteiger partial charge in [-0.1, -0.05) is 29.8 Å². The number of sulfonamides is 1. The zero-order chi connectivity index (χ0) is 23.3. The predicted molar refractivity (Wildman–Crippen MR) is 123 cm³/mol. The molecule has 2 aromatic carbocycles. The third-order valence-electron chi connectivity index (χ3n) is 5.12. The molecule has 0 aliphatic carbocycles. The number of benzene rings is 2. The molecule has 0 bridgehead atoms. The first-order valence-corrected chi connectivity index (χ1v) is 12.4. The summed E-state index contributed by atoms with van der Waals surface area (Å²) >= 11 is 6.02. The van der Waals surface area contributed by atoms with Crippen molar-refractivity contribution in [2.24, 2.45) is 0 Å². The lowest BCUT2D eigenvalue weighted by molar-refractivity contribution is 0.0570. The van der Waals surface area contributed by atoms with E-state index < -0.39 is 10.0 Å². The molecular formula is C22H26ClN3O5S. The van der Waals surface area contributed by atoms with Crippen molar-refractivity contribution in [3.8, 4) is 0 Å². The summed E-state index contributed by atoms with van der Waals surface area (Å²) in [6.07, 6.45) is 0.779. The van der Waals surface area contributed by atoms with Gasteiger partial charge in [0.25, 0.3) is 5.91 Å². The van der Waals surface area contributed by atoms with Gasteiger partial charge in [-0.15, -0.1) is 0 Å². The average molecular weight is 480 g/mol. The number of anilines is 1. The van der Waals surface area contributed by atoms with Gasteiger partial charge in [0, 0.05) is 36.8 Å². The lowest BCUT2D eigenvalue weighted by atomic mass is 10.1. The number of ether oxygens (including phenoxy) is 1. The van der Waals surface area contributed by atoms with Crippen LogP contribution >= 0.6 is 11.6 Å². The van der Waals surface area contributed by atoms with Gasteiger partial charge in [-0.05, 0) is 42.8 Å². The van der Waals surface area contributed by atoms with E-state index in [2.05, 4.69) is 0 Å². The third kappa shape index (κ3) is 5.92. The van der Waals surface area contributed by atoms with E-state index in [1.165, 1.54) is 4.31 Å². The van der Waals surface area contributed by atoms with E-state index in [1.54, 1.807) is 65.3 Å². The standard InChI is InChI=1S/C22H26ClN3O5S/c1-3-31-22(28)25-13-11-24(12-14-25)21(27)18-9-7-17(8-10-18)16-26(32(2,29)30)20-6-4-5-19(23)15-20/h4-10,15H,3,11-14,16H2,1-2H3. The highest BCUT2D eigenvalue weighted by Gasteiger charge is 2.25. The maximum Gasteiger partial charge on any atom is 0.409 e. The molecule has 1 saturated heterocycles. The van der Waals surface area contributed by atoms with Gasteiger partial charge in [-0.2, -0.15) is 0 Å². The lowest BCUT2D eigenvalue weighted by Gasteiger charge is -2.34. The third-order valence-corrected chi connectivity index (χ3v) is 6.49. The Balaban J connectivity index is 1.66. The highest BCUT2D eigenvalue weighted by molar-refractivity contribution is 7.92. The van der Waals surface area contributed by atoms with E-state index in [9.17, 15) is 18.0 Å². The second kappa shape index (κ2) is 10.2. The molecule has 1 heterocycles. The minimum absolute atomic E-state index is 0.117. The van der Waals surface area contributed by atoms with Gasteiger partial charge in [-0.3, -0.25) is 9.10 Å². The van der Waals surface area contributed by atoms with Crippen LogP contribution in [0, 0.1) is 0 Å². The molecule has 1 aliphatic heterocycles. The SMILES string of the molecule is CCOC(=O)N1CCN(C(=O)c2ccc(CN(c3cccc(Cl)c3)S(C)(=O)=O)cc2)CC1. The highest BCUT2D eigenvalue weighted by atomic mass is 35.5. The molecule has 8 nitrogen and oxygen atoms in total. The van der Waals surface area contributed by atoms with Crippen LogP contribution in [0.1, 0.15) is 22.8 Å². The number of hydrogen-bond donors (Lipinski definition) is 0. The van der Waals surface area contributed by atoms with Gasteiger partial charge in [0.2, 0.25) is 10.0 Å². The van der Waals surface area contributed by atoms with E-state index in [0.717, 1.165) is 11.8 Å². The van der Waals surface area contributed by atoms with E-state index in [4.69, 9.17) is 16.3 Å². The first-order valence-electron chi connectivity index (χ1n) is 10.2. The minimum Gasteiger partial charge on any atom is -0.450 e. The topological polar surface area (TPSA) is 87.2 Å². The van der Waals surface area contributed by atoms with Crippen molar-refractivity contribution in [3.63, 3.8) is 0 Å². The van der Waals surface area contributed by atoms with E-state index in [-0.39, 0.29) is 18.5 Å². The number of piperazine rings is 1. The summed E-state index contributed by atoms with van der Waals surface area (Å²) in [5.74, 6) is -0.130.